The van der Waals surface area contributed by atoms with E-state index in [0.717, 1.165) is 0 Å². The lowest BCUT2D eigenvalue weighted by atomic mass is 9.99. The van der Waals surface area contributed by atoms with E-state index in [1.165, 1.54) is 20.8 Å². The predicted molar refractivity (Wildman–Crippen MR) is 75.0 cm³/mol. The summed E-state index contributed by atoms with van der Waals surface area (Å²) in [5, 5.41) is 4.25. The third-order valence-corrected chi connectivity index (χ3v) is 1.91. The van der Waals surface area contributed by atoms with E-state index in [1.54, 1.807) is 0 Å². The second kappa shape index (κ2) is 9.39. The molecule has 0 bridgehead atoms. The van der Waals surface area contributed by atoms with Crippen LogP contribution in [0.3, 0.4) is 0 Å². The molecule has 0 amide bonds. The van der Waals surface area contributed by atoms with Crippen molar-refractivity contribution in [2.24, 2.45) is 5.41 Å². The predicted octanol–water partition coefficient (Wildman–Crippen LogP) is 2.88. The van der Waals surface area contributed by atoms with Gasteiger partial charge in [0.25, 0.3) is 0 Å². The van der Waals surface area contributed by atoms with Gasteiger partial charge in [-0.15, -0.1) is 0 Å². The fraction of sp³-hybridized carbons (Fsp3) is 0.714. The summed E-state index contributed by atoms with van der Waals surface area (Å²) >= 11 is 0. The highest BCUT2D eigenvalue weighted by Crippen LogP contribution is 2.13. The molecule has 0 aromatic rings. The van der Waals surface area contributed by atoms with Crippen molar-refractivity contribution in [3.8, 4) is 0 Å². The van der Waals surface area contributed by atoms with Crippen LogP contribution >= 0.6 is 0 Å². The van der Waals surface area contributed by atoms with Gasteiger partial charge in [-0.05, 0) is 31.2 Å². The Bertz CT molecular complexity index is 385. The molecule has 0 radical (unpaired) electrons. The molecule has 0 rings (SSSR count). The Morgan fingerprint density at radius 1 is 1.09 bits per heavy atom. The van der Waals surface area contributed by atoms with Gasteiger partial charge in [-0.3, -0.25) is 0 Å². The largest absolute Gasteiger partial charge is 0.544 e. The van der Waals surface area contributed by atoms with Gasteiger partial charge in [-0.1, -0.05) is 27.4 Å². The number of carbonyl (C=O) groups excluding carboxylic acids is 2. The molecule has 0 saturated carbocycles. The molecule has 0 N–H and O–H groups in total. The first kappa shape index (κ1) is 20.4. The number of rotatable bonds is 8. The van der Waals surface area contributed by atoms with E-state index >= 15 is 0 Å². The van der Waals surface area contributed by atoms with E-state index in [-0.39, 0.29) is 17.6 Å². The lowest BCUT2D eigenvalue weighted by Gasteiger charge is -2.19. The minimum atomic E-state index is -1.15. The summed E-state index contributed by atoms with van der Waals surface area (Å²) in [5.41, 5.74) is 0.0829. The lowest BCUT2D eigenvalue weighted by Crippen LogP contribution is -2.27. The second-order valence-corrected chi connectivity index (χ2v) is 5.80. The smallest absolute Gasteiger partial charge is 0.433 e. The van der Waals surface area contributed by atoms with Gasteiger partial charge in [0.15, 0.2) is 0 Å². The topological polar surface area (TPSA) is 89.5 Å². The van der Waals surface area contributed by atoms with Crippen LogP contribution in [-0.2, 0) is 33.8 Å². The molecule has 0 aliphatic rings. The minimum Gasteiger partial charge on any atom is -0.433 e. The SMILES string of the molecule is C=C(C)C(=O)OC(C)OC(C)OC(=O)OOOCC(C)(C)C. The molecule has 0 fully saturated rings. The maximum Gasteiger partial charge on any atom is 0.544 e. The first-order valence-corrected chi connectivity index (χ1v) is 6.70. The average Bonchev–Trinajstić information content (AvgIpc) is 2.32. The second-order valence-electron chi connectivity index (χ2n) is 5.80. The maximum absolute atomic E-state index is 11.2. The Kier molecular flexibility index (Phi) is 8.69. The van der Waals surface area contributed by atoms with Crippen LogP contribution in [-0.4, -0.2) is 31.3 Å². The van der Waals surface area contributed by atoms with Crippen LogP contribution in [0.1, 0.15) is 41.5 Å². The monoisotopic (exact) mass is 320 g/mol. The van der Waals surface area contributed by atoms with Crippen molar-refractivity contribution in [2.45, 2.75) is 54.1 Å². The molecule has 0 saturated heterocycles. The molecular formula is C14H24O8. The molecule has 0 spiro atoms. The molecule has 128 valence electrons. The highest BCUT2D eigenvalue weighted by Gasteiger charge is 2.18. The Morgan fingerprint density at radius 2 is 1.64 bits per heavy atom. The first-order chi connectivity index (χ1) is 10.0. The maximum atomic E-state index is 11.2. The Hall–Kier alpha value is -1.64. The van der Waals surface area contributed by atoms with E-state index < -0.39 is 24.7 Å². The van der Waals surface area contributed by atoms with Gasteiger partial charge in [0.2, 0.25) is 12.6 Å². The Labute approximate surface area is 130 Å². The molecule has 0 heterocycles. The highest BCUT2D eigenvalue weighted by molar-refractivity contribution is 5.86. The van der Waals surface area contributed by atoms with E-state index in [4.69, 9.17) is 14.2 Å². The third-order valence-electron chi connectivity index (χ3n) is 1.91. The van der Waals surface area contributed by atoms with E-state index in [2.05, 4.69) is 21.4 Å². The summed E-state index contributed by atoms with van der Waals surface area (Å²) in [6.45, 7) is 13.8. The molecule has 8 heteroatoms. The first-order valence-electron chi connectivity index (χ1n) is 6.70. The van der Waals surface area contributed by atoms with Crippen molar-refractivity contribution < 1.29 is 38.6 Å². The van der Waals surface area contributed by atoms with Crippen molar-refractivity contribution in [3.63, 3.8) is 0 Å². The van der Waals surface area contributed by atoms with Gasteiger partial charge in [0, 0.05) is 5.57 Å². The molecule has 2 atom stereocenters. The number of hydrogen-bond acceptors (Lipinski definition) is 8. The number of hydrogen-bond donors (Lipinski definition) is 0. The van der Waals surface area contributed by atoms with Gasteiger partial charge in [0.05, 0.1) is 6.61 Å². The number of carbonyl (C=O) groups is 2. The number of esters is 1. The van der Waals surface area contributed by atoms with Crippen LogP contribution in [0.4, 0.5) is 4.79 Å². The summed E-state index contributed by atoms with van der Waals surface area (Å²) in [7, 11) is 0. The fourth-order valence-corrected chi connectivity index (χ4v) is 0.985. The van der Waals surface area contributed by atoms with E-state index in [9.17, 15) is 9.59 Å². The molecule has 0 aliphatic heterocycles. The molecule has 22 heavy (non-hydrogen) atoms. The third kappa shape index (κ3) is 11.1. The summed E-state index contributed by atoms with van der Waals surface area (Å²) in [5.74, 6) is -0.610. The zero-order valence-electron chi connectivity index (χ0n) is 13.8. The van der Waals surface area contributed by atoms with Crippen LogP contribution in [0.5, 0.6) is 0 Å². The lowest BCUT2D eigenvalue weighted by molar-refractivity contribution is -0.492. The van der Waals surface area contributed by atoms with Crippen molar-refractivity contribution in [2.75, 3.05) is 6.61 Å². The van der Waals surface area contributed by atoms with Crippen LogP contribution in [0, 0.1) is 5.41 Å². The highest BCUT2D eigenvalue weighted by atomic mass is 17.5. The zero-order chi connectivity index (χ0) is 17.3. The normalized spacial score (nSPS) is 13.9. The zero-order valence-corrected chi connectivity index (χ0v) is 13.8. The standard InChI is InChI=1S/C14H24O8/c1-9(2)12(15)19-10(3)18-11(4)20-13(16)21-22-17-8-14(5,6)7/h10-11H,1,8H2,2-7H3. The van der Waals surface area contributed by atoms with E-state index in [0.29, 0.717) is 0 Å². The van der Waals surface area contributed by atoms with Gasteiger partial charge in [-0.25, -0.2) is 14.5 Å². The quantitative estimate of drug-likeness (QED) is 0.168. The van der Waals surface area contributed by atoms with Crippen molar-refractivity contribution in [1.29, 1.82) is 0 Å². The number of ether oxygens (including phenoxy) is 3. The molecule has 2 unspecified atom stereocenters. The summed E-state index contributed by atoms with van der Waals surface area (Å²) in [4.78, 5) is 31.4. The molecule has 0 aromatic carbocycles. The summed E-state index contributed by atoms with van der Waals surface area (Å²) in [6, 6.07) is 0. The minimum absolute atomic E-state index is 0.147. The average molecular weight is 320 g/mol. The van der Waals surface area contributed by atoms with Crippen molar-refractivity contribution in [3.05, 3.63) is 12.2 Å². The molecule has 8 nitrogen and oxygen atoms in total. The van der Waals surface area contributed by atoms with Gasteiger partial charge in [0.1, 0.15) is 0 Å². The molecule has 0 aliphatic carbocycles. The Balaban J connectivity index is 3.90. The van der Waals surface area contributed by atoms with E-state index in [1.807, 2.05) is 20.8 Å². The van der Waals surface area contributed by atoms with Crippen LogP contribution in [0.15, 0.2) is 12.2 Å². The van der Waals surface area contributed by atoms with Crippen molar-refractivity contribution in [1.82, 2.24) is 0 Å². The van der Waals surface area contributed by atoms with Crippen LogP contribution in [0.25, 0.3) is 0 Å². The summed E-state index contributed by atoms with van der Waals surface area (Å²) in [6.07, 6.45) is -3.10. The van der Waals surface area contributed by atoms with Gasteiger partial charge < -0.3 is 14.2 Å². The van der Waals surface area contributed by atoms with Gasteiger partial charge >= 0.3 is 12.1 Å². The Morgan fingerprint density at radius 3 is 2.14 bits per heavy atom. The summed E-state index contributed by atoms with van der Waals surface area (Å²) < 4.78 is 14.6. The van der Waals surface area contributed by atoms with Crippen LogP contribution < -0.4 is 0 Å². The van der Waals surface area contributed by atoms with Crippen LogP contribution in [0.2, 0.25) is 0 Å². The molecular weight excluding hydrogens is 296 g/mol. The van der Waals surface area contributed by atoms with Crippen molar-refractivity contribution >= 4 is 12.1 Å². The molecule has 0 aromatic heterocycles. The fourth-order valence-electron chi connectivity index (χ4n) is 0.985. The van der Waals surface area contributed by atoms with Gasteiger partial charge in [-0.2, -0.15) is 4.89 Å².